The summed E-state index contributed by atoms with van der Waals surface area (Å²) in [4.78, 5) is 13.5. The first kappa shape index (κ1) is 22.5. The van der Waals surface area contributed by atoms with Crippen LogP contribution in [0.5, 0.6) is 0 Å². The van der Waals surface area contributed by atoms with Gasteiger partial charge in [-0.25, -0.2) is 9.48 Å². The molecular weight excluding hydrogens is 442 g/mol. The van der Waals surface area contributed by atoms with Crippen LogP contribution in [0, 0.1) is 20.8 Å². The summed E-state index contributed by atoms with van der Waals surface area (Å²) in [5.41, 5.74) is 5.90. The lowest BCUT2D eigenvalue weighted by Gasteiger charge is -2.15. The van der Waals surface area contributed by atoms with Gasteiger partial charge in [0.15, 0.2) is 0 Å². The maximum Gasteiger partial charge on any atom is 0.412 e. The van der Waals surface area contributed by atoms with Gasteiger partial charge in [0, 0.05) is 32.8 Å². The van der Waals surface area contributed by atoms with E-state index in [4.69, 9.17) is 21.4 Å². The summed E-state index contributed by atoms with van der Waals surface area (Å²) in [7, 11) is 0. The number of carbonyl (C=O) groups is 1. The zero-order chi connectivity index (χ0) is 22.8. The molecule has 0 spiro atoms. The van der Waals surface area contributed by atoms with Crippen molar-refractivity contribution in [3.8, 4) is 5.69 Å². The molecule has 0 saturated carbocycles. The number of aromatic nitrogens is 2. The topological polar surface area (TPSA) is 56.1 Å². The van der Waals surface area contributed by atoms with E-state index >= 15 is 0 Å². The second-order valence-corrected chi connectivity index (χ2v) is 9.24. The SMILES string of the molecule is CSc1cccc(NC(=O)O[C@@H]2C=C[C@@H](c3c(C)nn(-c4ccc(C)c(Cl)c4)c3C)C2)c1. The van der Waals surface area contributed by atoms with E-state index in [0.29, 0.717) is 6.42 Å². The van der Waals surface area contributed by atoms with Gasteiger partial charge in [-0.1, -0.05) is 29.8 Å². The molecule has 3 aromatic rings. The lowest BCUT2D eigenvalue weighted by atomic mass is 9.96. The number of aryl methyl sites for hydroxylation is 2. The molecule has 0 radical (unpaired) electrons. The van der Waals surface area contributed by atoms with E-state index in [-0.39, 0.29) is 12.0 Å². The number of carbonyl (C=O) groups excluding carboxylic acids is 1. The van der Waals surface area contributed by atoms with Crippen LogP contribution in [0.4, 0.5) is 10.5 Å². The van der Waals surface area contributed by atoms with Crippen molar-refractivity contribution in [2.75, 3.05) is 11.6 Å². The van der Waals surface area contributed by atoms with Crippen molar-refractivity contribution in [1.29, 1.82) is 0 Å². The minimum Gasteiger partial charge on any atom is -0.442 e. The average molecular weight is 468 g/mol. The maximum atomic E-state index is 12.4. The van der Waals surface area contributed by atoms with Crippen molar-refractivity contribution in [2.24, 2.45) is 0 Å². The molecule has 0 saturated heterocycles. The van der Waals surface area contributed by atoms with Crippen molar-refractivity contribution in [2.45, 2.75) is 44.1 Å². The molecule has 166 valence electrons. The molecule has 0 bridgehead atoms. The molecule has 2 atom stereocenters. The first-order valence-electron chi connectivity index (χ1n) is 10.5. The van der Waals surface area contributed by atoms with Gasteiger partial charge in [-0.05, 0) is 75.4 Å². The Kier molecular flexibility index (Phi) is 6.63. The highest BCUT2D eigenvalue weighted by atomic mass is 35.5. The van der Waals surface area contributed by atoms with E-state index in [1.165, 1.54) is 0 Å². The molecule has 1 heterocycles. The predicted octanol–water partition coefficient (Wildman–Crippen LogP) is 6.83. The molecule has 4 rings (SSSR count). The molecule has 1 aliphatic rings. The first-order valence-corrected chi connectivity index (χ1v) is 12.1. The van der Waals surface area contributed by atoms with Gasteiger partial charge in [-0.15, -0.1) is 11.8 Å². The third-order valence-electron chi connectivity index (χ3n) is 5.74. The number of hydrogen-bond donors (Lipinski definition) is 1. The van der Waals surface area contributed by atoms with Crippen LogP contribution in [-0.2, 0) is 4.74 Å². The van der Waals surface area contributed by atoms with Gasteiger partial charge in [-0.2, -0.15) is 5.10 Å². The number of allylic oxidation sites excluding steroid dienone is 1. The Morgan fingerprint density at radius 2 is 2.00 bits per heavy atom. The number of nitrogens with zero attached hydrogens (tertiary/aromatic N) is 2. The van der Waals surface area contributed by atoms with Crippen LogP contribution in [0.15, 0.2) is 59.5 Å². The molecule has 2 aromatic carbocycles. The van der Waals surface area contributed by atoms with Gasteiger partial charge in [0.2, 0.25) is 0 Å². The van der Waals surface area contributed by atoms with Gasteiger partial charge < -0.3 is 4.74 Å². The fraction of sp³-hybridized carbons (Fsp3) is 0.280. The van der Waals surface area contributed by atoms with Gasteiger partial charge in [-0.3, -0.25) is 5.32 Å². The van der Waals surface area contributed by atoms with Crippen molar-refractivity contribution in [3.05, 3.63) is 82.2 Å². The smallest absolute Gasteiger partial charge is 0.412 e. The van der Waals surface area contributed by atoms with E-state index in [2.05, 4.69) is 18.3 Å². The van der Waals surface area contributed by atoms with Crippen molar-refractivity contribution >= 4 is 35.1 Å². The fourth-order valence-electron chi connectivity index (χ4n) is 4.11. The van der Waals surface area contributed by atoms with Crippen molar-refractivity contribution < 1.29 is 9.53 Å². The van der Waals surface area contributed by atoms with Crippen molar-refractivity contribution in [1.82, 2.24) is 9.78 Å². The largest absolute Gasteiger partial charge is 0.442 e. The van der Waals surface area contributed by atoms with E-state index in [9.17, 15) is 4.79 Å². The number of benzene rings is 2. The van der Waals surface area contributed by atoms with Crippen LogP contribution < -0.4 is 5.32 Å². The molecule has 7 heteroatoms. The molecule has 0 unspecified atom stereocenters. The molecule has 1 N–H and O–H groups in total. The molecule has 1 amide bonds. The minimum atomic E-state index is -0.447. The number of hydrogen-bond acceptors (Lipinski definition) is 4. The van der Waals surface area contributed by atoms with E-state index in [0.717, 1.165) is 43.8 Å². The molecular formula is C25H26ClN3O2S. The Morgan fingerprint density at radius 1 is 1.19 bits per heavy atom. The van der Waals surface area contributed by atoms with Gasteiger partial charge in [0.25, 0.3) is 0 Å². The Morgan fingerprint density at radius 3 is 2.75 bits per heavy atom. The number of anilines is 1. The highest BCUT2D eigenvalue weighted by molar-refractivity contribution is 7.98. The molecule has 0 fully saturated rings. The first-order chi connectivity index (χ1) is 15.4. The summed E-state index contributed by atoms with van der Waals surface area (Å²) < 4.78 is 7.59. The predicted molar refractivity (Wildman–Crippen MR) is 131 cm³/mol. The molecule has 1 aromatic heterocycles. The maximum absolute atomic E-state index is 12.4. The number of amides is 1. The zero-order valence-electron chi connectivity index (χ0n) is 18.6. The summed E-state index contributed by atoms with van der Waals surface area (Å²) in [6.45, 7) is 6.07. The Hall–Kier alpha value is -2.70. The number of rotatable bonds is 5. The van der Waals surface area contributed by atoms with Crippen LogP contribution in [0.1, 0.15) is 34.9 Å². The summed E-state index contributed by atoms with van der Waals surface area (Å²) in [6.07, 6.45) is 6.04. The quantitative estimate of drug-likeness (QED) is 0.330. The average Bonchev–Trinajstić information content (AvgIpc) is 3.33. The van der Waals surface area contributed by atoms with Crippen LogP contribution in [-0.4, -0.2) is 28.2 Å². The number of ether oxygens (including phenoxy) is 1. The molecule has 32 heavy (non-hydrogen) atoms. The van der Waals surface area contributed by atoms with Crippen LogP contribution in [0.3, 0.4) is 0 Å². The standard InChI is InChI=1S/C25H26ClN3O2S/c1-15-8-10-20(14-23(15)26)29-17(3)24(16(2)28-29)18-9-11-21(12-18)31-25(30)27-19-6-5-7-22(13-19)32-4/h5-11,13-14,18,21H,12H2,1-4H3,(H,27,30)/t18-,21-/m1/s1. The monoisotopic (exact) mass is 467 g/mol. The number of nitrogens with one attached hydrogen (secondary N) is 1. The van der Waals surface area contributed by atoms with Crippen LogP contribution in [0.2, 0.25) is 5.02 Å². The van der Waals surface area contributed by atoms with Gasteiger partial charge in [0.05, 0.1) is 11.4 Å². The fourth-order valence-corrected chi connectivity index (χ4v) is 4.74. The summed E-state index contributed by atoms with van der Waals surface area (Å²) >= 11 is 7.95. The normalized spacial score (nSPS) is 17.5. The van der Waals surface area contributed by atoms with Crippen molar-refractivity contribution in [3.63, 3.8) is 0 Å². The minimum absolute atomic E-state index is 0.141. The highest BCUT2D eigenvalue weighted by Gasteiger charge is 2.28. The van der Waals surface area contributed by atoms with Crippen LogP contribution in [0.25, 0.3) is 5.69 Å². The van der Waals surface area contributed by atoms with Gasteiger partial charge in [0.1, 0.15) is 6.10 Å². The summed E-state index contributed by atoms with van der Waals surface area (Å²) in [6, 6.07) is 13.7. The third-order valence-corrected chi connectivity index (χ3v) is 6.87. The van der Waals surface area contributed by atoms with E-state index in [1.807, 2.05) is 73.3 Å². The molecule has 5 nitrogen and oxygen atoms in total. The lowest BCUT2D eigenvalue weighted by Crippen LogP contribution is -2.20. The summed E-state index contributed by atoms with van der Waals surface area (Å²) in [5.74, 6) is 0.141. The van der Waals surface area contributed by atoms with E-state index in [1.54, 1.807) is 11.8 Å². The second kappa shape index (κ2) is 9.43. The van der Waals surface area contributed by atoms with Crippen LogP contribution >= 0.6 is 23.4 Å². The number of halogens is 1. The Balaban J connectivity index is 1.44. The number of thioether (sulfide) groups is 1. The highest BCUT2D eigenvalue weighted by Crippen LogP contribution is 2.35. The second-order valence-electron chi connectivity index (χ2n) is 7.96. The zero-order valence-corrected chi connectivity index (χ0v) is 20.1. The molecule has 1 aliphatic carbocycles. The lowest BCUT2D eigenvalue weighted by molar-refractivity contribution is 0.132. The molecule has 0 aliphatic heterocycles. The summed E-state index contributed by atoms with van der Waals surface area (Å²) in [5, 5.41) is 8.30. The Labute approximate surface area is 197 Å². The van der Waals surface area contributed by atoms with E-state index < -0.39 is 6.09 Å². The third kappa shape index (κ3) is 4.71. The Bertz CT molecular complexity index is 1190. The van der Waals surface area contributed by atoms with Gasteiger partial charge >= 0.3 is 6.09 Å².